The van der Waals surface area contributed by atoms with E-state index in [0.717, 1.165) is 15.6 Å². The summed E-state index contributed by atoms with van der Waals surface area (Å²) >= 11 is 6.76. The molecule has 24 heavy (non-hydrogen) atoms. The number of halogens is 1. The Morgan fingerprint density at radius 2 is 2.08 bits per heavy atom. The minimum absolute atomic E-state index is 0.114. The SMILES string of the molecule is CCN(CC(=O)Nc1cccc(OC)c1)S(=O)(=O)c1ccc(Cl)s1. The third-order valence-electron chi connectivity index (χ3n) is 3.17. The molecule has 0 unspecified atom stereocenters. The fourth-order valence-electron chi connectivity index (χ4n) is 1.99. The van der Waals surface area contributed by atoms with Gasteiger partial charge in [-0.25, -0.2) is 8.42 Å². The maximum absolute atomic E-state index is 12.5. The first-order valence-electron chi connectivity index (χ1n) is 7.06. The standard InChI is InChI=1S/C15H17ClN2O4S2/c1-3-18(24(20,21)15-8-7-13(16)23-15)10-14(19)17-11-5-4-6-12(9-11)22-2/h4-9H,3,10H2,1-2H3,(H,17,19). The zero-order chi connectivity index (χ0) is 17.7. The summed E-state index contributed by atoms with van der Waals surface area (Å²) in [6.07, 6.45) is 0. The Bertz CT molecular complexity index is 820. The lowest BCUT2D eigenvalue weighted by atomic mass is 10.3. The Hall–Kier alpha value is -1.61. The van der Waals surface area contributed by atoms with Crippen molar-refractivity contribution in [3.05, 3.63) is 40.7 Å². The molecule has 0 aliphatic carbocycles. The van der Waals surface area contributed by atoms with Gasteiger partial charge in [-0.15, -0.1) is 11.3 Å². The lowest BCUT2D eigenvalue weighted by Gasteiger charge is -2.19. The van der Waals surface area contributed by atoms with Gasteiger partial charge in [-0.05, 0) is 24.3 Å². The maximum atomic E-state index is 12.5. The quantitative estimate of drug-likeness (QED) is 0.790. The average molecular weight is 389 g/mol. The summed E-state index contributed by atoms with van der Waals surface area (Å²) in [5.41, 5.74) is 0.534. The highest BCUT2D eigenvalue weighted by Crippen LogP contribution is 2.28. The Labute approximate surface area is 150 Å². The fourth-order valence-corrected chi connectivity index (χ4v) is 5.03. The van der Waals surface area contributed by atoms with E-state index in [2.05, 4.69) is 5.32 Å². The number of rotatable bonds is 7. The number of anilines is 1. The van der Waals surface area contributed by atoms with E-state index in [1.807, 2.05) is 0 Å². The van der Waals surface area contributed by atoms with Crippen LogP contribution in [0.3, 0.4) is 0 Å². The van der Waals surface area contributed by atoms with Gasteiger partial charge in [0, 0.05) is 18.3 Å². The molecule has 130 valence electrons. The highest BCUT2D eigenvalue weighted by Gasteiger charge is 2.26. The van der Waals surface area contributed by atoms with Gasteiger partial charge in [0.25, 0.3) is 10.0 Å². The maximum Gasteiger partial charge on any atom is 0.253 e. The number of carbonyl (C=O) groups is 1. The topological polar surface area (TPSA) is 75.7 Å². The van der Waals surface area contributed by atoms with Gasteiger partial charge in [-0.1, -0.05) is 24.6 Å². The van der Waals surface area contributed by atoms with Crippen molar-refractivity contribution >= 4 is 44.6 Å². The largest absolute Gasteiger partial charge is 0.497 e. The molecule has 0 fully saturated rings. The van der Waals surface area contributed by atoms with Gasteiger partial charge >= 0.3 is 0 Å². The number of ether oxygens (including phenoxy) is 1. The van der Waals surface area contributed by atoms with Crippen LogP contribution in [0.15, 0.2) is 40.6 Å². The number of nitrogens with one attached hydrogen (secondary N) is 1. The van der Waals surface area contributed by atoms with Crippen LogP contribution in [0.4, 0.5) is 5.69 Å². The molecule has 1 N–H and O–H groups in total. The van der Waals surface area contributed by atoms with Crippen LogP contribution in [-0.4, -0.2) is 38.8 Å². The summed E-state index contributed by atoms with van der Waals surface area (Å²) < 4.78 is 31.8. The lowest BCUT2D eigenvalue weighted by Crippen LogP contribution is -2.37. The molecule has 9 heteroatoms. The second kappa shape index (κ2) is 7.98. The van der Waals surface area contributed by atoms with Crippen molar-refractivity contribution in [1.29, 1.82) is 0 Å². The predicted molar refractivity (Wildman–Crippen MR) is 95.4 cm³/mol. The molecule has 2 aromatic rings. The fraction of sp³-hybridized carbons (Fsp3) is 0.267. The van der Waals surface area contributed by atoms with Gasteiger partial charge in [0.15, 0.2) is 0 Å². The molecular formula is C15H17ClN2O4S2. The first-order chi connectivity index (χ1) is 11.4. The second-order valence-corrected chi connectivity index (χ2v) is 8.65. The van der Waals surface area contributed by atoms with Gasteiger partial charge in [0.2, 0.25) is 5.91 Å². The van der Waals surface area contributed by atoms with Crippen LogP contribution in [0.2, 0.25) is 4.34 Å². The van der Waals surface area contributed by atoms with Crippen molar-refractivity contribution < 1.29 is 17.9 Å². The Kier molecular flexibility index (Phi) is 6.22. The van der Waals surface area contributed by atoms with E-state index in [4.69, 9.17) is 16.3 Å². The molecule has 0 aliphatic rings. The van der Waals surface area contributed by atoms with Crippen molar-refractivity contribution in [3.8, 4) is 5.75 Å². The van der Waals surface area contributed by atoms with Crippen LogP contribution >= 0.6 is 22.9 Å². The van der Waals surface area contributed by atoms with Crippen LogP contribution in [0.5, 0.6) is 5.75 Å². The zero-order valence-corrected chi connectivity index (χ0v) is 15.5. The van der Waals surface area contributed by atoms with E-state index >= 15 is 0 Å². The van der Waals surface area contributed by atoms with Crippen LogP contribution in [-0.2, 0) is 14.8 Å². The number of carbonyl (C=O) groups excluding carboxylic acids is 1. The number of amides is 1. The van der Waals surface area contributed by atoms with E-state index in [0.29, 0.717) is 15.8 Å². The minimum Gasteiger partial charge on any atom is -0.497 e. The average Bonchev–Trinajstić information content (AvgIpc) is 3.00. The number of methoxy groups -OCH3 is 1. The zero-order valence-electron chi connectivity index (χ0n) is 13.2. The minimum atomic E-state index is -3.75. The number of thiophene rings is 1. The van der Waals surface area contributed by atoms with Crippen LogP contribution in [0, 0.1) is 0 Å². The molecule has 0 saturated carbocycles. The molecular weight excluding hydrogens is 372 g/mol. The van der Waals surface area contributed by atoms with Crippen LogP contribution in [0.25, 0.3) is 0 Å². The molecule has 0 spiro atoms. The monoisotopic (exact) mass is 388 g/mol. The number of likely N-dealkylation sites (N-methyl/N-ethyl adjacent to an activating group) is 1. The number of nitrogens with zero attached hydrogens (tertiary/aromatic N) is 1. The van der Waals surface area contributed by atoms with Crippen molar-refractivity contribution in [2.45, 2.75) is 11.1 Å². The third kappa shape index (κ3) is 4.47. The highest BCUT2D eigenvalue weighted by molar-refractivity contribution is 7.91. The van der Waals surface area contributed by atoms with E-state index in [9.17, 15) is 13.2 Å². The van der Waals surface area contributed by atoms with Gasteiger partial charge in [-0.2, -0.15) is 4.31 Å². The van der Waals surface area contributed by atoms with Crippen molar-refractivity contribution in [1.82, 2.24) is 4.31 Å². The molecule has 2 rings (SSSR count). The summed E-state index contributed by atoms with van der Waals surface area (Å²) in [5.74, 6) is 0.164. The smallest absolute Gasteiger partial charge is 0.253 e. The molecule has 1 aromatic carbocycles. The summed E-state index contributed by atoms with van der Waals surface area (Å²) in [7, 11) is -2.22. The predicted octanol–water partition coefficient (Wildman–Crippen LogP) is 3.06. The van der Waals surface area contributed by atoms with E-state index in [-0.39, 0.29) is 17.3 Å². The number of hydrogen-bond acceptors (Lipinski definition) is 5. The third-order valence-corrected chi connectivity index (χ3v) is 6.79. The summed E-state index contributed by atoms with van der Waals surface area (Å²) in [6, 6.07) is 9.79. The van der Waals surface area contributed by atoms with Gasteiger partial charge in [-0.3, -0.25) is 4.79 Å². The molecule has 1 heterocycles. The first kappa shape index (κ1) is 18.7. The molecule has 6 nitrogen and oxygen atoms in total. The van der Waals surface area contributed by atoms with Crippen LogP contribution in [0.1, 0.15) is 6.92 Å². The van der Waals surface area contributed by atoms with E-state index in [1.54, 1.807) is 31.2 Å². The molecule has 0 saturated heterocycles. The van der Waals surface area contributed by atoms with Gasteiger partial charge in [0.05, 0.1) is 18.0 Å². The molecule has 1 amide bonds. The van der Waals surface area contributed by atoms with E-state index < -0.39 is 15.9 Å². The Balaban J connectivity index is 2.10. The summed E-state index contributed by atoms with van der Waals surface area (Å²) in [5, 5.41) is 2.66. The molecule has 0 radical (unpaired) electrons. The molecule has 1 aromatic heterocycles. The number of hydrogen-bond donors (Lipinski definition) is 1. The number of sulfonamides is 1. The normalized spacial score (nSPS) is 11.5. The molecule has 0 bridgehead atoms. The van der Waals surface area contributed by atoms with Gasteiger partial charge < -0.3 is 10.1 Å². The second-order valence-electron chi connectivity index (χ2n) is 4.77. The molecule has 0 atom stereocenters. The van der Waals surface area contributed by atoms with Crippen molar-refractivity contribution in [2.24, 2.45) is 0 Å². The lowest BCUT2D eigenvalue weighted by molar-refractivity contribution is -0.116. The summed E-state index contributed by atoms with van der Waals surface area (Å²) in [6.45, 7) is 1.56. The van der Waals surface area contributed by atoms with Crippen LogP contribution < -0.4 is 10.1 Å². The summed E-state index contributed by atoms with van der Waals surface area (Å²) in [4.78, 5) is 12.2. The van der Waals surface area contributed by atoms with Crippen molar-refractivity contribution in [3.63, 3.8) is 0 Å². The Morgan fingerprint density at radius 1 is 1.33 bits per heavy atom. The highest BCUT2D eigenvalue weighted by atomic mass is 35.5. The Morgan fingerprint density at radius 3 is 2.67 bits per heavy atom. The van der Waals surface area contributed by atoms with Crippen molar-refractivity contribution in [2.75, 3.05) is 25.5 Å². The van der Waals surface area contributed by atoms with Gasteiger partial charge in [0.1, 0.15) is 9.96 Å². The van der Waals surface area contributed by atoms with E-state index in [1.165, 1.54) is 19.2 Å². The first-order valence-corrected chi connectivity index (χ1v) is 9.69. The number of benzene rings is 1. The molecule has 0 aliphatic heterocycles.